The SMILES string of the molecule is CC(C)C(=O)NCC1(N)CCCCC1. The van der Waals surface area contributed by atoms with E-state index in [0.717, 1.165) is 12.8 Å². The van der Waals surface area contributed by atoms with Gasteiger partial charge in [0, 0.05) is 18.0 Å². The van der Waals surface area contributed by atoms with Gasteiger partial charge in [-0.1, -0.05) is 33.1 Å². The van der Waals surface area contributed by atoms with Crippen LogP contribution in [-0.2, 0) is 4.79 Å². The molecule has 0 aliphatic heterocycles. The van der Waals surface area contributed by atoms with Gasteiger partial charge >= 0.3 is 0 Å². The van der Waals surface area contributed by atoms with Crippen molar-refractivity contribution >= 4 is 5.91 Å². The van der Waals surface area contributed by atoms with Gasteiger partial charge in [0.05, 0.1) is 0 Å². The number of hydrogen-bond acceptors (Lipinski definition) is 2. The van der Waals surface area contributed by atoms with Crippen LogP contribution < -0.4 is 11.1 Å². The minimum atomic E-state index is -0.136. The zero-order valence-electron chi connectivity index (χ0n) is 9.31. The van der Waals surface area contributed by atoms with Crippen LogP contribution >= 0.6 is 0 Å². The minimum absolute atomic E-state index is 0.0576. The molecule has 14 heavy (non-hydrogen) atoms. The first-order chi connectivity index (χ1) is 6.53. The summed E-state index contributed by atoms with van der Waals surface area (Å²) in [7, 11) is 0. The molecule has 0 unspecified atom stereocenters. The summed E-state index contributed by atoms with van der Waals surface area (Å²) in [4.78, 5) is 11.4. The molecule has 1 aliphatic carbocycles. The summed E-state index contributed by atoms with van der Waals surface area (Å²) in [6, 6.07) is 0. The van der Waals surface area contributed by atoms with Gasteiger partial charge in [-0.05, 0) is 12.8 Å². The summed E-state index contributed by atoms with van der Waals surface area (Å²) in [6.45, 7) is 4.45. The van der Waals surface area contributed by atoms with Crippen LogP contribution in [0.1, 0.15) is 46.0 Å². The molecule has 0 aromatic rings. The van der Waals surface area contributed by atoms with Gasteiger partial charge in [-0.2, -0.15) is 0 Å². The second-order valence-corrected chi connectivity index (χ2v) is 4.80. The fraction of sp³-hybridized carbons (Fsp3) is 0.909. The maximum atomic E-state index is 11.4. The zero-order chi connectivity index (χ0) is 10.6. The largest absolute Gasteiger partial charge is 0.354 e. The lowest BCUT2D eigenvalue weighted by Gasteiger charge is -2.33. The van der Waals surface area contributed by atoms with Gasteiger partial charge in [-0.3, -0.25) is 4.79 Å². The topological polar surface area (TPSA) is 55.1 Å². The van der Waals surface area contributed by atoms with Crippen LogP contribution in [0.3, 0.4) is 0 Å². The Morgan fingerprint density at radius 2 is 1.93 bits per heavy atom. The summed E-state index contributed by atoms with van der Waals surface area (Å²) in [5.74, 6) is 0.169. The van der Waals surface area contributed by atoms with E-state index in [9.17, 15) is 4.79 Å². The van der Waals surface area contributed by atoms with Crippen LogP contribution in [0.4, 0.5) is 0 Å². The van der Waals surface area contributed by atoms with Crippen LogP contribution in [-0.4, -0.2) is 18.0 Å². The maximum absolute atomic E-state index is 11.4. The molecule has 1 aliphatic rings. The predicted molar refractivity (Wildman–Crippen MR) is 57.9 cm³/mol. The van der Waals surface area contributed by atoms with Crippen molar-refractivity contribution in [2.45, 2.75) is 51.5 Å². The molecule has 0 aromatic carbocycles. The molecule has 0 radical (unpaired) electrons. The van der Waals surface area contributed by atoms with E-state index < -0.39 is 0 Å². The molecule has 3 N–H and O–H groups in total. The van der Waals surface area contributed by atoms with Gasteiger partial charge in [-0.15, -0.1) is 0 Å². The second kappa shape index (κ2) is 4.78. The Hall–Kier alpha value is -0.570. The van der Waals surface area contributed by atoms with Crippen LogP contribution in [0.5, 0.6) is 0 Å². The number of hydrogen-bond donors (Lipinski definition) is 2. The highest BCUT2D eigenvalue weighted by atomic mass is 16.1. The predicted octanol–water partition coefficient (Wildman–Crippen LogP) is 1.42. The monoisotopic (exact) mass is 198 g/mol. The number of nitrogens with one attached hydrogen (secondary N) is 1. The van der Waals surface area contributed by atoms with Crippen molar-refractivity contribution in [2.75, 3.05) is 6.54 Å². The molecule has 82 valence electrons. The molecule has 1 rings (SSSR count). The van der Waals surface area contributed by atoms with E-state index in [1.54, 1.807) is 0 Å². The average molecular weight is 198 g/mol. The lowest BCUT2D eigenvalue weighted by atomic mass is 9.82. The van der Waals surface area contributed by atoms with Crippen molar-refractivity contribution in [1.82, 2.24) is 5.32 Å². The van der Waals surface area contributed by atoms with Crippen molar-refractivity contribution in [3.8, 4) is 0 Å². The molecule has 3 heteroatoms. The van der Waals surface area contributed by atoms with Gasteiger partial charge in [-0.25, -0.2) is 0 Å². The quantitative estimate of drug-likeness (QED) is 0.720. The first-order valence-corrected chi connectivity index (χ1v) is 5.60. The summed E-state index contributed by atoms with van der Waals surface area (Å²) in [5.41, 5.74) is 6.06. The van der Waals surface area contributed by atoms with E-state index >= 15 is 0 Å². The third kappa shape index (κ3) is 3.29. The summed E-state index contributed by atoms with van der Waals surface area (Å²) in [6.07, 6.45) is 5.79. The van der Waals surface area contributed by atoms with E-state index in [0.29, 0.717) is 6.54 Å². The highest BCUT2D eigenvalue weighted by molar-refractivity contribution is 5.77. The van der Waals surface area contributed by atoms with Gasteiger partial charge in [0.2, 0.25) is 5.91 Å². The maximum Gasteiger partial charge on any atom is 0.222 e. The van der Waals surface area contributed by atoms with Crippen molar-refractivity contribution in [1.29, 1.82) is 0 Å². The second-order valence-electron chi connectivity index (χ2n) is 4.80. The molecule has 1 amide bonds. The van der Waals surface area contributed by atoms with Crippen molar-refractivity contribution in [3.63, 3.8) is 0 Å². The van der Waals surface area contributed by atoms with Crippen molar-refractivity contribution in [2.24, 2.45) is 11.7 Å². The van der Waals surface area contributed by atoms with E-state index in [4.69, 9.17) is 5.73 Å². The average Bonchev–Trinajstić information content (AvgIpc) is 2.15. The van der Waals surface area contributed by atoms with E-state index in [-0.39, 0.29) is 17.4 Å². The first-order valence-electron chi connectivity index (χ1n) is 5.60. The van der Waals surface area contributed by atoms with Gasteiger partial charge in [0.25, 0.3) is 0 Å². The summed E-state index contributed by atoms with van der Waals surface area (Å²) >= 11 is 0. The molecule has 1 fully saturated rings. The van der Waals surface area contributed by atoms with Crippen LogP contribution in [0.2, 0.25) is 0 Å². The highest BCUT2D eigenvalue weighted by Gasteiger charge is 2.27. The van der Waals surface area contributed by atoms with Crippen molar-refractivity contribution in [3.05, 3.63) is 0 Å². The van der Waals surface area contributed by atoms with Gasteiger partial charge in [0.1, 0.15) is 0 Å². The lowest BCUT2D eigenvalue weighted by Crippen LogP contribution is -2.51. The molecular formula is C11H22N2O. The fourth-order valence-electron chi connectivity index (χ4n) is 1.90. The Morgan fingerprint density at radius 1 is 1.36 bits per heavy atom. The summed E-state index contributed by atoms with van der Waals surface area (Å²) < 4.78 is 0. The number of rotatable bonds is 3. The van der Waals surface area contributed by atoms with E-state index in [1.807, 2.05) is 13.8 Å². The number of nitrogens with two attached hydrogens (primary N) is 1. The Kier molecular flexibility index (Phi) is 3.93. The third-order valence-corrected chi connectivity index (χ3v) is 2.99. The number of carbonyl (C=O) groups excluding carboxylic acids is 1. The molecule has 0 heterocycles. The van der Waals surface area contributed by atoms with Crippen LogP contribution in [0.25, 0.3) is 0 Å². The van der Waals surface area contributed by atoms with Gasteiger partial charge < -0.3 is 11.1 Å². The first kappa shape index (κ1) is 11.5. The van der Waals surface area contributed by atoms with Crippen LogP contribution in [0.15, 0.2) is 0 Å². The van der Waals surface area contributed by atoms with Crippen molar-refractivity contribution < 1.29 is 4.79 Å². The zero-order valence-corrected chi connectivity index (χ0v) is 9.31. The molecule has 3 nitrogen and oxygen atoms in total. The molecule has 0 atom stereocenters. The number of carbonyl (C=O) groups is 1. The fourth-order valence-corrected chi connectivity index (χ4v) is 1.90. The molecule has 1 saturated carbocycles. The van der Waals surface area contributed by atoms with E-state index in [1.165, 1.54) is 19.3 Å². The smallest absolute Gasteiger partial charge is 0.222 e. The van der Waals surface area contributed by atoms with Gasteiger partial charge in [0.15, 0.2) is 0 Å². The molecule has 0 aromatic heterocycles. The normalized spacial score (nSPS) is 20.9. The third-order valence-electron chi connectivity index (χ3n) is 2.99. The summed E-state index contributed by atoms with van der Waals surface area (Å²) in [5, 5.41) is 2.93. The van der Waals surface area contributed by atoms with E-state index in [2.05, 4.69) is 5.32 Å². The van der Waals surface area contributed by atoms with Crippen LogP contribution in [0, 0.1) is 5.92 Å². The Balaban J connectivity index is 2.32. The lowest BCUT2D eigenvalue weighted by molar-refractivity contribution is -0.124. The molecule has 0 saturated heterocycles. The minimum Gasteiger partial charge on any atom is -0.354 e. The Labute approximate surface area is 86.4 Å². The molecule has 0 spiro atoms. The molecule has 0 bridgehead atoms. The Bertz CT molecular complexity index is 195. The standard InChI is InChI=1S/C11H22N2O/c1-9(2)10(14)13-8-11(12)6-4-3-5-7-11/h9H,3-8,12H2,1-2H3,(H,13,14). The highest BCUT2D eigenvalue weighted by Crippen LogP contribution is 2.25. The number of amides is 1. The molecular weight excluding hydrogens is 176 g/mol. The Morgan fingerprint density at radius 3 is 2.43 bits per heavy atom.